The average molecular weight is 588 g/mol. The topological polar surface area (TPSA) is 80.3 Å². The molecule has 0 aromatic heterocycles. The van der Waals surface area contributed by atoms with E-state index >= 15 is 0 Å². The van der Waals surface area contributed by atoms with Crippen LogP contribution in [0.15, 0.2) is 0 Å². The van der Waals surface area contributed by atoms with E-state index in [1.54, 1.807) is 0 Å². The van der Waals surface area contributed by atoms with Crippen LogP contribution >= 0.6 is 69.6 Å². The van der Waals surface area contributed by atoms with Crippen LogP contribution in [-0.4, -0.2) is 58.7 Å². The van der Waals surface area contributed by atoms with Crippen LogP contribution in [0.4, 0.5) is 0 Å². The number of carbonyl (C=O) groups excluding carboxylic acids is 2. The molecule has 19 heavy (non-hydrogen) atoms. The summed E-state index contributed by atoms with van der Waals surface area (Å²) in [6.45, 7) is 2.74. The van der Waals surface area contributed by atoms with Crippen molar-refractivity contribution in [2.45, 2.75) is 33.3 Å². The second kappa shape index (κ2) is 10.3. The Labute approximate surface area is 160 Å². The number of carboxylic acids is 2. The van der Waals surface area contributed by atoms with E-state index in [9.17, 15) is 19.8 Å². The molecule has 0 bridgehead atoms. The molecule has 0 N–H and O–H groups in total. The van der Waals surface area contributed by atoms with Crippen molar-refractivity contribution in [2.75, 3.05) is 0 Å². The van der Waals surface area contributed by atoms with Crippen molar-refractivity contribution < 1.29 is 19.8 Å². The second-order valence-corrected chi connectivity index (χ2v) is 7.13. The van der Waals surface area contributed by atoms with Gasteiger partial charge in [0, 0.05) is 27.3 Å². The molecule has 0 aliphatic rings. The third-order valence-electron chi connectivity index (χ3n) is 1.54. The number of rotatable bonds is 4. The Bertz CT molecular complexity index is 278. The van der Waals surface area contributed by atoms with Crippen molar-refractivity contribution in [1.29, 1.82) is 0 Å². The standard InChI is InChI=1S/2C4H5Cl3O2.Pb/c2*1-2(5)4(6,7)3(8)9;/h2*2H,1H3,(H,8,9);/p-2. The summed E-state index contributed by atoms with van der Waals surface area (Å²) in [5, 5.41) is 18.3. The molecule has 2 atom stereocenters. The number of aliphatic carboxylic acids is 2. The third kappa shape index (κ3) is 9.27. The Morgan fingerprint density at radius 2 is 1.00 bits per heavy atom. The van der Waals surface area contributed by atoms with E-state index in [0.717, 1.165) is 0 Å². The SMILES string of the molecule is CC(Cl)C(Cl)(Cl)C(=O)[O-].CC(Cl)C(Cl)(Cl)C(=O)[O-].[Pb]. The Kier molecular flexibility index (Phi) is 13.9. The van der Waals surface area contributed by atoms with Crippen molar-refractivity contribution in [3.8, 4) is 0 Å². The van der Waals surface area contributed by atoms with Gasteiger partial charge < -0.3 is 19.8 Å². The number of hydrogen-bond donors (Lipinski definition) is 0. The number of halogens is 6. The molecule has 0 aromatic rings. The van der Waals surface area contributed by atoms with Crippen molar-refractivity contribution in [2.24, 2.45) is 0 Å². The average Bonchev–Trinajstić information content (AvgIpc) is 2.17. The molecule has 0 saturated carbocycles. The van der Waals surface area contributed by atoms with Crippen LogP contribution in [0, 0.1) is 0 Å². The summed E-state index contributed by atoms with van der Waals surface area (Å²) in [5.74, 6) is -3.15. The van der Waals surface area contributed by atoms with Crippen molar-refractivity contribution in [1.82, 2.24) is 0 Å². The molecule has 112 valence electrons. The maximum Gasteiger partial charge on any atom is 0.173 e. The van der Waals surface area contributed by atoms with Gasteiger partial charge in [0.05, 0.1) is 22.7 Å². The monoisotopic (exact) mass is 586 g/mol. The van der Waals surface area contributed by atoms with Crippen molar-refractivity contribution in [3.63, 3.8) is 0 Å². The minimum atomic E-state index is -1.98. The van der Waals surface area contributed by atoms with E-state index in [1.807, 2.05) is 0 Å². The molecule has 0 aliphatic heterocycles. The van der Waals surface area contributed by atoms with Gasteiger partial charge in [-0.25, -0.2) is 0 Å². The van der Waals surface area contributed by atoms with Gasteiger partial charge in [-0.1, -0.05) is 46.4 Å². The van der Waals surface area contributed by atoms with Crippen LogP contribution in [0.3, 0.4) is 0 Å². The second-order valence-electron chi connectivity index (χ2n) is 3.05. The Hall–Kier alpha value is 1.60. The summed E-state index contributed by atoms with van der Waals surface area (Å²) in [4.78, 5) is 20.0. The van der Waals surface area contributed by atoms with Crippen LogP contribution in [-0.2, 0) is 9.59 Å². The molecule has 0 rings (SSSR count). The van der Waals surface area contributed by atoms with Gasteiger partial charge >= 0.3 is 0 Å². The zero-order valence-corrected chi connectivity index (χ0v) is 18.0. The van der Waals surface area contributed by atoms with Gasteiger partial charge in [-0.3, -0.25) is 0 Å². The first-order chi connectivity index (χ1) is 7.77. The maximum atomic E-state index is 10.0. The Morgan fingerprint density at radius 1 is 0.842 bits per heavy atom. The van der Waals surface area contributed by atoms with Gasteiger partial charge in [0.1, 0.15) is 0 Å². The molecule has 4 radical (unpaired) electrons. The van der Waals surface area contributed by atoms with Gasteiger partial charge in [-0.05, 0) is 13.8 Å². The molecule has 0 aromatic carbocycles. The van der Waals surface area contributed by atoms with E-state index in [4.69, 9.17) is 69.6 Å². The zero-order valence-electron chi connectivity index (χ0n) is 9.56. The Morgan fingerprint density at radius 3 is 1.00 bits per heavy atom. The first-order valence-corrected chi connectivity index (χ1v) is 6.63. The van der Waals surface area contributed by atoms with Crippen LogP contribution in [0.1, 0.15) is 13.8 Å². The van der Waals surface area contributed by atoms with E-state index in [2.05, 4.69) is 0 Å². The van der Waals surface area contributed by atoms with E-state index in [1.165, 1.54) is 13.8 Å². The predicted octanol–water partition coefficient (Wildman–Crippen LogP) is 0.694. The smallest absolute Gasteiger partial charge is 0.173 e. The van der Waals surface area contributed by atoms with E-state index in [-0.39, 0.29) is 27.3 Å². The van der Waals surface area contributed by atoms with E-state index < -0.39 is 31.4 Å². The minimum absolute atomic E-state index is 0. The van der Waals surface area contributed by atoms with Gasteiger partial charge in [0.15, 0.2) is 8.67 Å². The Balaban J connectivity index is -0.000000256. The molecule has 11 heteroatoms. The molecule has 2 unspecified atom stereocenters. The molecule has 0 saturated heterocycles. The fraction of sp³-hybridized carbons (Fsp3) is 0.750. The van der Waals surface area contributed by atoms with Gasteiger partial charge in [-0.15, -0.1) is 23.2 Å². The summed E-state index contributed by atoms with van der Waals surface area (Å²) in [6, 6.07) is 0. The van der Waals surface area contributed by atoms with Crippen molar-refractivity contribution in [3.05, 3.63) is 0 Å². The van der Waals surface area contributed by atoms with Crippen LogP contribution in [0.5, 0.6) is 0 Å². The summed E-state index contributed by atoms with van der Waals surface area (Å²) in [7, 11) is 0. The molecule has 0 fully saturated rings. The summed E-state index contributed by atoms with van der Waals surface area (Å²) < 4.78 is -3.97. The molecule has 0 spiro atoms. The van der Waals surface area contributed by atoms with Crippen molar-refractivity contribution >= 4 is 109 Å². The van der Waals surface area contributed by atoms with Gasteiger partial charge in [-0.2, -0.15) is 0 Å². The first-order valence-electron chi connectivity index (χ1n) is 4.24. The largest absolute Gasteiger partial charge is 0.547 e. The minimum Gasteiger partial charge on any atom is -0.547 e. The summed E-state index contributed by atoms with van der Waals surface area (Å²) >= 11 is 31.3. The molecule has 4 nitrogen and oxygen atoms in total. The number of alkyl halides is 6. The molecular weight excluding hydrogens is 580 g/mol. The van der Waals surface area contributed by atoms with Crippen LogP contribution in [0.25, 0.3) is 0 Å². The molecular formula is C8H8Cl6O4Pb-2. The quantitative estimate of drug-likeness (QED) is 0.358. The number of carboxylic acid groups (broad SMARTS) is 2. The third-order valence-corrected chi connectivity index (χ3v) is 4.57. The maximum absolute atomic E-state index is 10.0. The summed E-state index contributed by atoms with van der Waals surface area (Å²) in [5.41, 5.74) is 0. The van der Waals surface area contributed by atoms with Gasteiger partial charge in [0.2, 0.25) is 0 Å². The normalized spacial score (nSPS) is 14.3. The van der Waals surface area contributed by atoms with Crippen LogP contribution in [0.2, 0.25) is 0 Å². The predicted molar refractivity (Wildman–Crippen MR) is 75.3 cm³/mol. The molecule has 0 aliphatic carbocycles. The summed E-state index contributed by atoms with van der Waals surface area (Å²) in [6.07, 6.45) is 0. The number of carbonyl (C=O) groups is 2. The fourth-order valence-corrected chi connectivity index (χ4v) is 0.503. The first kappa shape index (κ1) is 25.5. The van der Waals surface area contributed by atoms with Gasteiger partial charge in [0.25, 0.3) is 0 Å². The fourth-order valence-electron chi connectivity index (χ4n) is 0.325. The van der Waals surface area contributed by atoms with E-state index in [0.29, 0.717) is 0 Å². The number of hydrogen-bond acceptors (Lipinski definition) is 4. The molecule has 0 amide bonds. The van der Waals surface area contributed by atoms with Crippen LogP contribution < -0.4 is 10.2 Å². The molecule has 0 heterocycles. The zero-order chi connectivity index (χ0) is 15.3.